The molecule has 0 spiro atoms. The van der Waals surface area contributed by atoms with Gasteiger partial charge in [0.1, 0.15) is 19.0 Å². The van der Waals surface area contributed by atoms with Crippen LogP contribution >= 0.6 is 0 Å². The fourth-order valence-corrected chi connectivity index (χ4v) is 5.63. The Morgan fingerprint density at radius 2 is 1.60 bits per heavy atom. The number of carbonyl (C=O) groups is 1. The summed E-state index contributed by atoms with van der Waals surface area (Å²) in [5.41, 5.74) is 3.62. The van der Waals surface area contributed by atoms with Gasteiger partial charge in [-0.15, -0.1) is 0 Å². The molecule has 1 saturated carbocycles. The summed E-state index contributed by atoms with van der Waals surface area (Å²) < 4.78 is 42.7. The van der Waals surface area contributed by atoms with Crippen LogP contribution in [0.1, 0.15) is 30.9 Å². The lowest BCUT2D eigenvalue weighted by atomic mass is 9.98. The van der Waals surface area contributed by atoms with Gasteiger partial charge in [-0.25, -0.2) is 9.37 Å². The van der Waals surface area contributed by atoms with Gasteiger partial charge in [0.25, 0.3) is 0 Å². The monoisotopic (exact) mass is 607 g/mol. The van der Waals surface area contributed by atoms with E-state index in [1.165, 1.54) is 7.11 Å². The Morgan fingerprint density at radius 3 is 2.18 bits per heavy atom. The molecule has 1 aromatic heterocycles. The zero-order valence-electron chi connectivity index (χ0n) is 25.2. The molecule has 2 heterocycles. The zero-order valence-corrected chi connectivity index (χ0v) is 25.2. The third kappa shape index (κ3) is 5.71. The topological polar surface area (TPSA) is 83.8 Å². The van der Waals surface area contributed by atoms with Crippen LogP contribution in [0.5, 0.6) is 17.2 Å². The van der Waals surface area contributed by atoms with E-state index in [2.05, 4.69) is 12.2 Å². The van der Waals surface area contributed by atoms with Gasteiger partial charge in [0, 0.05) is 11.6 Å². The maximum atomic E-state index is 16.9. The van der Waals surface area contributed by atoms with E-state index in [4.69, 9.17) is 23.9 Å². The van der Waals surface area contributed by atoms with Gasteiger partial charge in [0.05, 0.1) is 42.5 Å². The van der Waals surface area contributed by atoms with Crippen molar-refractivity contribution in [2.24, 2.45) is 5.92 Å². The number of nitrogens with zero attached hydrogens (tertiary/aromatic N) is 2. The van der Waals surface area contributed by atoms with Crippen LogP contribution in [-0.4, -0.2) is 35.8 Å². The summed E-state index contributed by atoms with van der Waals surface area (Å²) in [7, 11) is 1.52. The van der Waals surface area contributed by atoms with Crippen molar-refractivity contribution in [1.82, 2.24) is 9.55 Å². The van der Waals surface area contributed by atoms with Crippen molar-refractivity contribution in [3.8, 4) is 28.6 Å². The van der Waals surface area contributed by atoms with E-state index in [1.807, 2.05) is 83.4 Å². The van der Waals surface area contributed by atoms with Crippen LogP contribution in [0.4, 0.5) is 10.1 Å². The number of fused-ring (bicyclic) bond motifs is 1. The van der Waals surface area contributed by atoms with Crippen molar-refractivity contribution in [1.29, 1.82) is 0 Å². The largest absolute Gasteiger partial charge is 0.493 e. The summed E-state index contributed by atoms with van der Waals surface area (Å²) in [6.07, 6.45) is 1.82. The van der Waals surface area contributed by atoms with Gasteiger partial charge < -0.3 is 28.8 Å². The number of ether oxygens (including phenoxy) is 4. The van der Waals surface area contributed by atoms with Crippen molar-refractivity contribution in [2.75, 3.05) is 25.6 Å². The van der Waals surface area contributed by atoms with E-state index >= 15 is 4.39 Å². The van der Waals surface area contributed by atoms with E-state index in [-0.39, 0.29) is 42.1 Å². The van der Waals surface area contributed by atoms with Crippen LogP contribution in [0.3, 0.4) is 0 Å². The molecule has 1 aliphatic carbocycles. The Balaban J connectivity index is 1.35. The van der Waals surface area contributed by atoms with E-state index in [0.29, 0.717) is 36.0 Å². The molecule has 1 amide bonds. The fourth-order valence-electron chi connectivity index (χ4n) is 5.63. The highest BCUT2D eigenvalue weighted by Crippen LogP contribution is 2.47. The molecule has 1 saturated heterocycles. The number of aromatic nitrogens is 2. The summed E-state index contributed by atoms with van der Waals surface area (Å²) >= 11 is 0. The first-order chi connectivity index (χ1) is 21.9. The molecular weight excluding hydrogens is 573 g/mol. The Labute approximate surface area is 260 Å². The molecule has 5 aromatic rings. The molecule has 1 aliphatic heterocycles. The maximum Gasteiger partial charge on any atom is 0.227 e. The number of carbonyl (C=O) groups excluding carboxylic acids is 1. The highest BCUT2D eigenvalue weighted by Gasteiger charge is 2.40. The molecular formula is C36H34FN3O5. The number of benzene rings is 4. The Hall–Kier alpha value is -4.89. The lowest BCUT2D eigenvalue weighted by Crippen LogP contribution is -2.49. The van der Waals surface area contributed by atoms with Gasteiger partial charge in [0.15, 0.2) is 11.6 Å². The van der Waals surface area contributed by atoms with Crippen molar-refractivity contribution >= 4 is 22.6 Å². The van der Waals surface area contributed by atoms with Crippen molar-refractivity contribution < 1.29 is 28.1 Å². The van der Waals surface area contributed by atoms with Gasteiger partial charge in [-0.3, -0.25) is 4.79 Å². The minimum Gasteiger partial charge on any atom is -0.493 e. The SMILES string of the molecule is COc1cc(-c2nc3cc(NC(=O)C4CC4)ccc3n2C2(C)COC2)c(F)c(OCc2ccccc2)c1OCc1ccccc1. The summed E-state index contributed by atoms with van der Waals surface area (Å²) in [4.78, 5) is 17.4. The van der Waals surface area contributed by atoms with Gasteiger partial charge in [-0.2, -0.15) is 0 Å². The molecule has 4 aromatic carbocycles. The summed E-state index contributed by atoms with van der Waals surface area (Å²) in [5, 5.41) is 2.99. The number of halogens is 1. The van der Waals surface area contributed by atoms with Gasteiger partial charge in [0.2, 0.25) is 17.4 Å². The third-order valence-corrected chi connectivity index (χ3v) is 8.29. The van der Waals surface area contributed by atoms with Gasteiger partial charge in [-0.05, 0) is 55.2 Å². The Kier molecular flexibility index (Phi) is 7.63. The van der Waals surface area contributed by atoms with Crippen LogP contribution in [0.25, 0.3) is 22.4 Å². The number of methoxy groups -OCH3 is 1. The minimum absolute atomic E-state index is 0.00967. The molecule has 2 fully saturated rings. The number of rotatable bonds is 11. The molecule has 0 bridgehead atoms. The van der Waals surface area contributed by atoms with Gasteiger partial charge >= 0.3 is 0 Å². The van der Waals surface area contributed by atoms with Crippen LogP contribution < -0.4 is 19.5 Å². The minimum atomic E-state index is -0.613. The van der Waals surface area contributed by atoms with Crippen LogP contribution in [-0.2, 0) is 28.3 Å². The zero-order chi connectivity index (χ0) is 31.0. The van der Waals surface area contributed by atoms with E-state index in [0.717, 1.165) is 29.5 Å². The number of anilines is 1. The second kappa shape index (κ2) is 11.9. The summed E-state index contributed by atoms with van der Waals surface area (Å²) in [5.74, 6) is 0.290. The Bertz CT molecular complexity index is 1850. The summed E-state index contributed by atoms with van der Waals surface area (Å²) in [6, 6.07) is 26.4. The van der Waals surface area contributed by atoms with E-state index in [1.54, 1.807) is 6.07 Å². The molecule has 1 N–H and O–H groups in total. The van der Waals surface area contributed by atoms with Gasteiger partial charge in [-0.1, -0.05) is 60.7 Å². The smallest absolute Gasteiger partial charge is 0.227 e. The fraction of sp³-hybridized carbons (Fsp3) is 0.278. The molecule has 230 valence electrons. The maximum absolute atomic E-state index is 16.9. The molecule has 45 heavy (non-hydrogen) atoms. The number of imidazole rings is 1. The average Bonchev–Trinajstić information content (AvgIpc) is 3.84. The molecule has 0 unspecified atom stereocenters. The highest BCUT2D eigenvalue weighted by molar-refractivity contribution is 5.96. The number of hydrogen-bond acceptors (Lipinski definition) is 6. The van der Waals surface area contributed by atoms with Crippen LogP contribution in [0.15, 0.2) is 84.9 Å². The number of hydrogen-bond donors (Lipinski definition) is 1. The predicted octanol–water partition coefficient (Wildman–Crippen LogP) is 7.10. The van der Waals surface area contributed by atoms with E-state index < -0.39 is 11.4 Å². The molecule has 8 nitrogen and oxygen atoms in total. The second-order valence-electron chi connectivity index (χ2n) is 11.9. The molecule has 0 atom stereocenters. The van der Waals surface area contributed by atoms with Crippen LogP contribution in [0, 0.1) is 11.7 Å². The normalized spacial score (nSPS) is 15.4. The predicted molar refractivity (Wildman–Crippen MR) is 169 cm³/mol. The van der Waals surface area contributed by atoms with Crippen molar-refractivity contribution in [3.63, 3.8) is 0 Å². The first kappa shape index (κ1) is 28.9. The van der Waals surface area contributed by atoms with Crippen molar-refractivity contribution in [2.45, 2.75) is 38.5 Å². The average molecular weight is 608 g/mol. The molecule has 2 aliphatic rings. The lowest BCUT2D eigenvalue weighted by Gasteiger charge is -2.40. The van der Waals surface area contributed by atoms with Crippen LogP contribution in [0.2, 0.25) is 0 Å². The third-order valence-electron chi connectivity index (χ3n) is 8.29. The quantitative estimate of drug-likeness (QED) is 0.172. The number of amides is 1. The summed E-state index contributed by atoms with van der Waals surface area (Å²) in [6.45, 7) is 3.27. The standard InChI is InChI=1S/C36H34FN3O5/c1-36(21-43-22-36)40-29-16-15-26(38-35(41)25-13-14-25)17-28(29)39-34(40)27-18-30(42-2)32(44-19-23-9-5-3-6-10-23)33(31(27)37)45-20-24-11-7-4-8-12-24/h3-12,15-18,25H,13-14,19-22H2,1-2H3,(H,38,41). The second-order valence-corrected chi connectivity index (χ2v) is 11.9. The van der Waals surface area contributed by atoms with Crippen molar-refractivity contribution in [3.05, 3.63) is 102 Å². The lowest BCUT2D eigenvalue weighted by molar-refractivity contribution is -0.117. The van der Waals surface area contributed by atoms with E-state index in [9.17, 15) is 4.79 Å². The molecule has 0 radical (unpaired) electrons. The highest BCUT2D eigenvalue weighted by atomic mass is 19.1. The first-order valence-corrected chi connectivity index (χ1v) is 15.1. The molecule has 7 rings (SSSR count). The molecule has 9 heteroatoms. The number of nitrogens with one attached hydrogen (secondary N) is 1. The Morgan fingerprint density at radius 1 is 0.956 bits per heavy atom. The first-order valence-electron chi connectivity index (χ1n) is 15.1.